The minimum absolute atomic E-state index is 0.195. The Balaban J connectivity index is 1.16. The number of fused-ring (bicyclic) bond motifs is 1. The van der Waals surface area contributed by atoms with Crippen LogP contribution in [0.2, 0.25) is 0 Å². The maximum absolute atomic E-state index is 12.9. The van der Waals surface area contributed by atoms with E-state index >= 15 is 0 Å². The molecular formula is C21H25N7OS. The van der Waals surface area contributed by atoms with Gasteiger partial charge in [0.25, 0.3) is 0 Å². The fourth-order valence-corrected chi connectivity index (χ4v) is 5.08. The van der Waals surface area contributed by atoms with Crippen LogP contribution in [0.5, 0.6) is 0 Å². The number of amides is 1. The third kappa shape index (κ3) is 4.27. The van der Waals surface area contributed by atoms with Crippen LogP contribution < -0.4 is 4.90 Å². The summed E-state index contributed by atoms with van der Waals surface area (Å²) in [7, 11) is 0. The first-order chi connectivity index (χ1) is 14.7. The Morgan fingerprint density at radius 3 is 2.67 bits per heavy atom. The number of carbonyl (C=O) groups excluding carboxylic acids is 1. The molecule has 0 atom stereocenters. The molecule has 2 fully saturated rings. The molecule has 1 amide bonds. The Morgan fingerprint density at radius 1 is 1.00 bits per heavy atom. The molecule has 2 aliphatic rings. The minimum Gasteiger partial charge on any atom is -0.352 e. The number of benzene rings is 1. The van der Waals surface area contributed by atoms with Gasteiger partial charge in [-0.1, -0.05) is 12.1 Å². The third-order valence-electron chi connectivity index (χ3n) is 5.66. The summed E-state index contributed by atoms with van der Waals surface area (Å²) in [6.07, 6.45) is 4.62. The summed E-state index contributed by atoms with van der Waals surface area (Å²) in [6.45, 7) is 5.27. The number of rotatable bonds is 5. The molecule has 0 bridgehead atoms. The van der Waals surface area contributed by atoms with Crippen molar-refractivity contribution >= 4 is 29.3 Å². The Bertz CT molecular complexity index is 1020. The monoisotopic (exact) mass is 423 g/mol. The summed E-state index contributed by atoms with van der Waals surface area (Å²) in [6, 6.07) is 12.3. The van der Waals surface area contributed by atoms with E-state index in [0.29, 0.717) is 19.5 Å². The standard InChI is InChI=1S/C21H25N7OS/c29-21(15-17-4-3-5-18(14-17)30-27-8-1-2-9-27)26-12-10-25(11-13-26)20-7-6-19-23-22-16-28(19)24-20/h3-7,14,16H,1-2,8-13,15H2. The quantitative estimate of drug-likeness (QED) is 0.582. The van der Waals surface area contributed by atoms with Gasteiger partial charge in [-0.2, -0.15) is 4.52 Å². The SMILES string of the molecule is O=C(Cc1cccc(SN2CCCC2)c1)N1CCN(c2ccc3nncn3n2)CC1. The molecule has 0 saturated carbocycles. The summed E-state index contributed by atoms with van der Waals surface area (Å²) in [5.41, 5.74) is 1.82. The molecule has 3 aromatic rings. The number of nitrogens with zero attached hydrogens (tertiary/aromatic N) is 7. The van der Waals surface area contributed by atoms with Crippen LogP contribution in [0.25, 0.3) is 5.65 Å². The van der Waals surface area contributed by atoms with Gasteiger partial charge >= 0.3 is 0 Å². The molecule has 2 saturated heterocycles. The van der Waals surface area contributed by atoms with Gasteiger partial charge in [0.2, 0.25) is 5.91 Å². The fraction of sp³-hybridized carbons (Fsp3) is 0.429. The van der Waals surface area contributed by atoms with Gasteiger partial charge in [-0.25, -0.2) is 4.31 Å². The van der Waals surface area contributed by atoms with Crippen molar-refractivity contribution in [1.29, 1.82) is 0 Å². The molecule has 8 nitrogen and oxygen atoms in total. The van der Waals surface area contributed by atoms with Crippen molar-refractivity contribution in [3.05, 3.63) is 48.3 Å². The first kappa shape index (κ1) is 19.3. The van der Waals surface area contributed by atoms with Crippen molar-refractivity contribution in [2.24, 2.45) is 0 Å². The van der Waals surface area contributed by atoms with Crippen molar-refractivity contribution < 1.29 is 4.79 Å². The zero-order valence-corrected chi connectivity index (χ0v) is 17.7. The summed E-state index contributed by atoms with van der Waals surface area (Å²) in [5.74, 6) is 1.08. The minimum atomic E-state index is 0.195. The first-order valence-electron chi connectivity index (χ1n) is 10.5. The zero-order valence-electron chi connectivity index (χ0n) is 16.9. The Kier molecular flexibility index (Phi) is 5.54. The van der Waals surface area contributed by atoms with Crippen LogP contribution in [0.15, 0.2) is 47.6 Å². The van der Waals surface area contributed by atoms with Gasteiger partial charge < -0.3 is 9.80 Å². The Hall–Kier alpha value is -2.65. The fourth-order valence-electron chi connectivity index (χ4n) is 4.00. The summed E-state index contributed by atoms with van der Waals surface area (Å²) >= 11 is 1.81. The van der Waals surface area contributed by atoms with E-state index in [1.54, 1.807) is 10.8 Å². The van der Waals surface area contributed by atoms with E-state index in [1.165, 1.54) is 17.7 Å². The van der Waals surface area contributed by atoms with Crippen molar-refractivity contribution in [2.45, 2.75) is 24.2 Å². The highest BCUT2D eigenvalue weighted by Crippen LogP contribution is 2.27. The maximum atomic E-state index is 12.9. The van der Waals surface area contributed by atoms with E-state index < -0.39 is 0 Å². The van der Waals surface area contributed by atoms with Crippen molar-refractivity contribution in [3.8, 4) is 0 Å². The van der Waals surface area contributed by atoms with Crippen LogP contribution in [0.1, 0.15) is 18.4 Å². The lowest BCUT2D eigenvalue weighted by Gasteiger charge is -2.35. The second kappa shape index (κ2) is 8.61. The average molecular weight is 424 g/mol. The lowest BCUT2D eigenvalue weighted by Crippen LogP contribution is -2.49. The topological polar surface area (TPSA) is 69.9 Å². The molecule has 0 radical (unpaired) electrons. The molecule has 0 aliphatic carbocycles. The second-order valence-corrected chi connectivity index (χ2v) is 8.92. The van der Waals surface area contributed by atoms with Gasteiger partial charge in [0.05, 0.1) is 6.42 Å². The summed E-state index contributed by atoms with van der Waals surface area (Å²) < 4.78 is 4.09. The van der Waals surface area contributed by atoms with Crippen LogP contribution in [0.4, 0.5) is 5.82 Å². The highest BCUT2D eigenvalue weighted by atomic mass is 32.2. The zero-order chi connectivity index (χ0) is 20.3. The van der Waals surface area contributed by atoms with Gasteiger partial charge in [-0.05, 0) is 54.6 Å². The molecule has 0 N–H and O–H groups in total. The molecule has 4 heterocycles. The normalized spacial score (nSPS) is 17.7. The average Bonchev–Trinajstić information content (AvgIpc) is 3.45. The number of hydrogen-bond donors (Lipinski definition) is 0. The molecule has 30 heavy (non-hydrogen) atoms. The Morgan fingerprint density at radius 2 is 1.83 bits per heavy atom. The van der Waals surface area contributed by atoms with Crippen LogP contribution in [-0.2, 0) is 11.2 Å². The highest BCUT2D eigenvalue weighted by molar-refractivity contribution is 7.97. The van der Waals surface area contributed by atoms with E-state index in [2.05, 4.69) is 48.8 Å². The molecule has 2 aliphatic heterocycles. The van der Waals surface area contributed by atoms with Gasteiger partial charge in [0.1, 0.15) is 12.1 Å². The van der Waals surface area contributed by atoms with E-state index in [0.717, 1.165) is 43.2 Å². The molecule has 5 rings (SSSR count). The number of anilines is 1. The number of piperazine rings is 1. The molecule has 0 unspecified atom stereocenters. The van der Waals surface area contributed by atoms with Crippen molar-refractivity contribution in [2.75, 3.05) is 44.2 Å². The molecule has 2 aromatic heterocycles. The van der Waals surface area contributed by atoms with Gasteiger partial charge in [-0.15, -0.1) is 15.3 Å². The molecular weight excluding hydrogens is 398 g/mol. The number of carbonyl (C=O) groups is 1. The molecule has 0 spiro atoms. The maximum Gasteiger partial charge on any atom is 0.227 e. The lowest BCUT2D eigenvalue weighted by atomic mass is 10.1. The summed E-state index contributed by atoms with van der Waals surface area (Å²) in [4.78, 5) is 18.3. The molecule has 9 heteroatoms. The predicted octanol–water partition coefficient (Wildman–Crippen LogP) is 2.12. The first-order valence-corrected chi connectivity index (χ1v) is 11.2. The van der Waals surface area contributed by atoms with Gasteiger partial charge in [0.15, 0.2) is 5.65 Å². The largest absolute Gasteiger partial charge is 0.352 e. The predicted molar refractivity (Wildman–Crippen MR) is 116 cm³/mol. The van der Waals surface area contributed by atoms with Crippen molar-refractivity contribution in [3.63, 3.8) is 0 Å². The van der Waals surface area contributed by atoms with Gasteiger partial charge in [0, 0.05) is 44.2 Å². The number of hydrogen-bond acceptors (Lipinski definition) is 7. The van der Waals surface area contributed by atoms with Crippen LogP contribution in [0.3, 0.4) is 0 Å². The van der Waals surface area contributed by atoms with Crippen LogP contribution >= 0.6 is 11.9 Å². The second-order valence-electron chi connectivity index (χ2n) is 7.74. The molecule has 156 valence electrons. The van der Waals surface area contributed by atoms with Crippen LogP contribution in [0, 0.1) is 0 Å². The molecule has 1 aromatic carbocycles. The van der Waals surface area contributed by atoms with E-state index in [9.17, 15) is 4.79 Å². The number of aromatic nitrogens is 4. The highest BCUT2D eigenvalue weighted by Gasteiger charge is 2.22. The van der Waals surface area contributed by atoms with Gasteiger partial charge in [-0.3, -0.25) is 4.79 Å². The van der Waals surface area contributed by atoms with Crippen molar-refractivity contribution in [1.82, 2.24) is 29.0 Å². The third-order valence-corrected chi connectivity index (χ3v) is 6.75. The lowest BCUT2D eigenvalue weighted by molar-refractivity contribution is -0.130. The van der Waals surface area contributed by atoms with E-state index in [4.69, 9.17) is 0 Å². The van der Waals surface area contributed by atoms with E-state index in [-0.39, 0.29) is 5.91 Å². The van der Waals surface area contributed by atoms with E-state index in [1.807, 2.05) is 29.0 Å². The Labute approximate surface area is 180 Å². The smallest absolute Gasteiger partial charge is 0.227 e. The summed E-state index contributed by atoms with van der Waals surface area (Å²) in [5, 5.41) is 12.4. The van der Waals surface area contributed by atoms with Crippen LogP contribution in [-0.4, -0.2) is 74.2 Å².